The second-order valence-corrected chi connectivity index (χ2v) is 5.75. The van der Waals surface area contributed by atoms with E-state index in [2.05, 4.69) is 9.71 Å². The van der Waals surface area contributed by atoms with Gasteiger partial charge in [0.05, 0.1) is 10.6 Å². The number of anilines is 1. The van der Waals surface area contributed by atoms with Crippen molar-refractivity contribution in [3.05, 3.63) is 47.5 Å². The van der Waals surface area contributed by atoms with Gasteiger partial charge < -0.3 is 10.1 Å². The Labute approximate surface area is 114 Å². The highest BCUT2D eigenvalue weighted by molar-refractivity contribution is 7.92. The van der Waals surface area contributed by atoms with Gasteiger partial charge in [-0.3, -0.25) is 4.72 Å². The molecule has 8 heteroatoms. The monoisotopic (exact) mass is 298 g/mol. The van der Waals surface area contributed by atoms with Crippen molar-refractivity contribution >= 4 is 21.7 Å². The molecule has 0 saturated heterocycles. The Bertz CT molecular complexity index is 750. The average Bonchev–Trinajstić information content (AvgIpc) is 2.70. The molecular weight excluding hydrogens is 287 g/mol. The van der Waals surface area contributed by atoms with Crippen LogP contribution in [-0.2, 0) is 10.0 Å². The van der Waals surface area contributed by atoms with Crippen LogP contribution in [0.2, 0.25) is 0 Å². The van der Waals surface area contributed by atoms with Crippen molar-refractivity contribution in [3.63, 3.8) is 0 Å². The van der Waals surface area contributed by atoms with Gasteiger partial charge in [0, 0.05) is 11.9 Å². The van der Waals surface area contributed by atoms with Crippen molar-refractivity contribution < 1.29 is 22.7 Å². The first-order valence-electron chi connectivity index (χ1n) is 5.51. The first kappa shape index (κ1) is 14.1. The molecule has 2 rings (SSSR count). The number of halogens is 1. The molecule has 0 saturated carbocycles. The summed E-state index contributed by atoms with van der Waals surface area (Å²) in [7, 11) is -3.97. The average molecular weight is 298 g/mol. The summed E-state index contributed by atoms with van der Waals surface area (Å²) in [6.45, 7) is 1.51. The van der Waals surface area contributed by atoms with Crippen LogP contribution in [0.5, 0.6) is 0 Å². The molecule has 0 aliphatic heterocycles. The molecule has 1 aromatic heterocycles. The van der Waals surface area contributed by atoms with E-state index in [4.69, 9.17) is 5.11 Å². The zero-order valence-electron chi connectivity index (χ0n) is 10.3. The molecule has 3 N–H and O–H groups in total. The molecule has 0 spiro atoms. The minimum atomic E-state index is -3.97. The highest BCUT2D eigenvalue weighted by atomic mass is 32.2. The Morgan fingerprint density at radius 2 is 1.90 bits per heavy atom. The molecule has 0 atom stereocenters. The number of aryl methyl sites for hydroxylation is 1. The van der Waals surface area contributed by atoms with Crippen LogP contribution in [0.4, 0.5) is 10.1 Å². The smallest absolute Gasteiger partial charge is 0.339 e. The Morgan fingerprint density at radius 1 is 1.30 bits per heavy atom. The zero-order valence-corrected chi connectivity index (χ0v) is 11.2. The van der Waals surface area contributed by atoms with Crippen LogP contribution in [0.25, 0.3) is 0 Å². The van der Waals surface area contributed by atoms with Gasteiger partial charge in [-0.15, -0.1) is 0 Å². The van der Waals surface area contributed by atoms with E-state index >= 15 is 0 Å². The van der Waals surface area contributed by atoms with Crippen LogP contribution in [0.1, 0.15) is 16.1 Å². The van der Waals surface area contributed by atoms with Crippen LogP contribution < -0.4 is 4.72 Å². The first-order chi connectivity index (χ1) is 9.31. The largest absolute Gasteiger partial charge is 0.478 e. The molecule has 20 heavy (non-hydrogen) atoms. The van der Waals surface area contributed by atoms with Crippen LogP contribution in [-0.4, -0.2) is 24.5 Å². The predicted octanol–water partition coefficient (Wildman–Crippen LogP) is 1.96. The van der Waals surface area contributed by atoms with E-state index in [0.717, 1.165) is 24.3 Å². The summed E-state index contributed by atoms with van der Waals surface area (Å²) in [5.74, 6) is -1.81. The predicted molar refractivity (Wildman–Crippen MR) is 69.7 cm³/mol. The number of carbonyl (C=O) groups is 1. The zero-order chi connectivity index (χ0) is 14.9. The highest BCUT2D eigenvalue weighted by Gasteiger charge is 2.21. The minimum Gasteiger partial charge on any atom is -0.478 e. The molecular formula is C12H11FN2O4S. The van der Waals surface area contributed by atoms with E-state index in [0.29, 0.717) is 5.69 Å². The Morgan fingerprint density at radius 3 is 2.45 bits per heavy atom. The minimum absolute atomic E-state index is 0.0701. The lowest BCUT2D eigenvalue weighted by Crippen LogP contribution is -2.14. The Hall–Kier alpha value is -2.35. The maximum Gasteiger partial charge on any atom is 0.339 e. The number of carboxylic acids is 1. The number of aromatic carboxylic acids is 1. The van der Waals surface area contributed by atoms with Gasteiger partial charge in [-0.05, 0) is 31.2 Å². The summed E-state index contributed by atoms with van der Waals surface area (Å²) in [5.41, 5.74) is 0.101. The number of nitrogens with one attached hydrogen (secondary N) is 2. The Kier molecular flexibility index (Phi) is 3.49. The summed E-state index contributed by atoms with van der Waals surface area (Å²) in [4.78, 5) is 13.5. The number of carboxylic acid groups (broad SMARTS) is 1. The van der Waals surface area contributed by atoms with Gasteiger partial charge in [0.15, 0.2) is 0 Å². The summed E-state index contributed by atoms with van der Waals surface area (Å²) >= 11 is 0. The van der Waals surface area contributed by atoms with E-state index < -0.39 is 21.8 Å². The summed E-state index contributed by atoms with van der Waals surface area (Å²) in [6.07, 6.45) is 1.25. The molecule has 0 fully saturated rings. The third kappa shape index (κ3) is 2.64. The number of sulfonamides is 1. The topological polar surface area (TPSA) is 99.3 Å². The molecule has 0 bridgehead atoms. The van der Waals surface area contributed by atoms with Crippen molar-refractivity contribution in [3.8, 4) is 0 Å². The Balaban J connectivity index is 2.38. The molecule has 1 aromatic carbocycles. The lowest BCUT2D eigenvalue weighted by molar-refractivity contribution is 0.0697. The number of H-pyrrole nitrogens is 1. The number of hydrogen-bond donors (Lipinski definition) is 3. The summed E-state index contributed by atoms with van der Waals surface area (Å²) < 4.78 is 39.1. The number of benzene rings is 1. The second-order valence-electron chi connectivity index (χ2n) is 4.07. The molecule has 0 aliphatic carbocycles. The molecule has 2 aromatic rings. The quantitative estimate of drug-likeness (QED) is 0.803. The van der Waals surface area contributed by atoms with E-state index in [1.807, 2.05) is 0 Å². The van der Waals surface area contributed by atoms with Gasteiger partial charge in [0.1, 0.15) is 11.4 Å². The van der Waals surface area contributed by atoms with Gasteiger partial charge in [0.2, 0.25) is 0 Å². The van der Waals surface area contributed by atoms with E-state index in [9.17, 15) is 17.6 Å². The van der Waals surface area contributed by atoms with Crippen LogP contribution in [0.3, 0.4) is 0 Å². The van der Waals surface area contributed by atoms with Crippen molar-refractivity contribution in [1.29, 1.82) is 0 Å². The lowest BCUT2D eigenvalue weighted by Gasteiger charge is -2.07. The van der Waals surface area contributed by atoms with Gasteiger partial charge in [-0.2, -0.15) is 0 Å². The third-order valence-electron chi connectivity index (χ3n) is 2.66. The fraction of sp³-hybridized carbons (Fsp3) is 0.0833. The molecule has 106 valence electrons. The van der Waals surface area contributed by atoms with E-state index in [1.165, 1.54) is 13.1 Å². The SMILES string of the molecule is Cc1[nH]cc(NS(=O)(=O)c2ccc(F)cc2)c1C(=O)O. The number of aromatic nitrogens is 1. The molecule has 0 amide bonds. The fourth-order valence-corrected chi connectivity index (χ4v) is 2.76. The molecule has 6 nitrogen and oxygen atoms in total. The lowest BCUT2D eigenvalue weighted by atomic mass is 10.2. The molecule has 1 heterocycles. The normalized spacial score (nSPS) is 11.3. The third-order valence-corrected chi connectivity index (χ3v) is 4.04. The van der Waals surface area contributed by atoms with Gasteiger partial charge in [-0.1, -0.05) is 0 Å². The van der Waals surface area contributed by atoms with Gasteiger partial charge in [0.25, 0.3) is 10.0 Å². The van der Waals surface area contributed by atoms with E-state index in [1.54, 1.807) is 0 Å². The maximum absolute atomic E-state index is 12.8. The number of hydrogen-bond acceptors (Lipinski definition) is 3. The summed E-state index contributed by atoms with van der Waals surface area (Å²) in [5, 5.41) is 9.03. The molecule has 0 aliphatic rings. The molecule has 0 radical (unpaired) electrons. The van der Waals surface area contributed by atoms with Gasteiger partial charge >= 0.3 is 5.97 Å². The van der Waals surface area contributed by atoms with Gasteiger partial charge in [-0.25, -0.2) is 17.6 Å². The first-order valence-corrected chi connectivity index (χ1v) is 6.99. The van der Waals surface area contributed by atoms with E-state index in [-0.39, 0.29) is 16.1 Å². The van der Waals surface area contributed by atoms with Crippen molar-refractivity contribution in [2.24, 2.45) is 0 Å². The van der Waals surface area contributed by atoms with Crippen LogP contribution in [0, 0.1) is 12.7 Å². The standard InChI is InChI=1S/C12H11FN2O4S/c1-7-11(12(16)17)10(6-14-7)15-20(18,19)9-4-2-8(13)3-5-9/h2-6,14-15H,1H3,(H,16,17). The van der Waals surface area contributed by atoms with Crippen LogP contribution in [0.15, 0.2) is 35.4 Å². The van der Waals surface area contributed by atoms with Crippen LogP contribution >= 0.6 is 0 Å². The van der Waals surface area contributed by atoms with Crippen molar-refractivity contribution in [2.45, 2.75) is 11.8 Å². The molecule has 0 unspecified atom stereocenters. The number of rotatable bonds is 4. The van der Waals surface area contributed by atoms with Crippen molar-refractivity contribution in [2.75, 3.05) is 4.72 Å². The second kappa shape index (κ2) is 4.97. The maximum atomic E-state index is 12.8. The fourth-order valence-electron chi connectivity index (χ4n) is 1.70. The summed E-state index contributed by atoms with van der Waals surface area (Å²) in [6, 6.07) is 4.21. The number of aromatic amines is 1. The van der Waals surface area contributed by atoms with Crippen molar-refractivity contribution in [1.82, 2.24) is 4.98 Å². The highest BCUT2D eigenvalue weighted by Crippen LogP contribution is 2.22.